The highest BCUT2D eigenvalue weighted by atomic mass is 16.5. The Kier molecular flexibility index (Phi) is 4.20. The van der Waals surface area contributed by atoms with Crippen molar-refractivity contribution in [1.29, 1.82) is 0 Å². The second-order valence-corrected chi connectivity index (χ2v) is 5.51. The van der Waals surface area contributed by atoms with Crippen molar-refractivity contribution in [3.63, 3.8) is 0 Å². The number of carbonyl (C=O) groups excluding carboxylic acids is 1. The van der Waals surface area contributed by atoms with E-state index in [0.717, 1.165) is 54.8 Å². The van der Waals surface area contributed by atoms with Crippen molar-refractivity contribution in [2.24, 2.45) is 0 Å². The lowest BCUT2D eigenvalue weighted by molar-refractivity contribution is -0.116. The number of nitrogens with one attached hydrogen (secondary N) is 2. The van der Waals surface area contributed by atoms with Crippen LogP contribution >= 0.6 is 0 Å². The van der Waals surface area contributed by atoms with Crippen molar-refractivity contribution < 1.29 is 9.53 Å². The molecule has 1 fully saturated rings. The fourth-order valence-corrected chi connectivity index (χ4v) is 2.61. The van der Waals surface area contributed by atoms with Crippen LogP contribution in [-0.4, -0.2) is 22.5 Å². The molecule has 1 amide bonds. The largest absolute Gasteiger partial charge is 0.370 e. The maximum Gasteiger partial charge on any atom is 0.224 e. The molecule has 0 spiro atoms. The van der Waals surface area contributed by atoms with Gasteiger partial charge in [0.15, 0.2) is 0 Å². The number of amides is 1. The number of aromatic nitrogens is 2. The molecular formula is C16H21N3O2. The van der Waals surface area contributed by atoms with E-state index in [9.17, 15) is 4.79 Å². The normalized spacial score (nSPS) is 18.2. The van der Waals surface area contributed by atoms with E-state index in [2.05, 4.69) is 22.2 Å². The first-order valence-corrected chi connectivity index (χ1v) is 7.67. The molecule has 1 aromatic carbocycles. The summed E-state index contributed by atoms with van der Waals surface area (Å²) in [6, 6.07) is 5.76. The van der Waals surface area contributed by atoms with Gasteiger partial charge in [-0.1, -0.05) is 13.3 Å². The molecule has 1 aliphatic rings. The Balaban J connectivity index is 1.75. The third kappa shape index (κ3) is 3.24. The van der Waals surface area contributed by atoms with Crippen molar-refractivity contribution in [2.75, 3.05) is 11.9 Å². The fraction of sp³-hybridized carbons (Fsp3) is 0.500. The summed E-state index contributed by atoms with van der Waals surface area (Å²) in [6.07, 6.45) is 4.69. The zero-order chi connectivity index (χ0) is 14.7. The highest BCUT2D eigenvalue weighted by Crippen LogP contribution is 2.28. The number of anilines is 1. The maximum atomic E-state index is 11.8. The van der Waals surface area contributed by atoms with Crippen LogP contribution in [0.2, 0.25) is 0 Å². The molecule has 0 radical (unpaired) electrons. The molecule has 1 unspecified atom stereocenters. The molecule has 1 aliphatic heterocycles. The number of imidazole rings is 1. The van der Waals surface area contributed by atoms with Crippen LogP contribution in [-0.2, 0) is 9.53 Å². The lowest BCUT2D eigenvalue weighted by Crippen LogP contribution is -2.10. The number of unbranched alkanes of at least 4 members (excludes halogenated alkanes) is 1. The van der Waals surface area contributed by atoms with Crippen molar-refractivity contribution >= 4 is 22.6 Å². The van der Waals surface area contributed by atoms with Gasteiger partial charge in [-0.05, 0) is 37.5 Å². The second-order valence-electron chi connectivity index (χ2n) is 5.51. The summed E-state index contributed by atoms with van der Waals surface area (Å²) >= 11 is 0. The Morgan fingerprint density at radius 3 is 3.19 bits per heavy atom. The average molecular weight is 287 g/mol. The number of aromatic amines is 1. The van der Waals surface area contributed by atoms with Gasteiger partial charge in [-0.25, -0.2) is 4.98 Å². The quantitative estimate of drug-likeness (QED) is 0.883. The van der Waals surface area contributed by atoms with E-state index in [1.165, 1.54) is 0 Å². The summed E-state index contributed by atoms with van der Waals surface area (Å²) in [5, 5.41) is 2.93. The number of benzene rings is 1. The van der Waals surface area contributed by atoms with Gasteiger partial charge >= 0.3 is 0 Å². The highest BCUT2D eigenvalue weighted by Gasteiger charge is 2.21. The van der Waals surface area contributed by atoms with Crippen LogP contribution in [0.25, 0.3) is 11.0 Å². The minimum absolute atomic E-state index is 0.0649. The van der Waals surface area contributed by atoms with Gasteiger partial charge in [0.25, 0.3) is 0 Å². The summed E-state index contributed by atoms with van der Waals surface area (Å²) < 4.78 is 5.64. The Bertz CT molecular complexity index is 629. The van der Waals surface area contributed by atoms with Crippen LogP contribution in [0.5, 0.6) is 0 Å². The first kappa shape index (κ1) is 14.1. The standard InChI is InChI=1S/C16H21N3O2/c1-2-3-6-15(20)17-11-7-8-12-13(10-11)19-16(18-12)14-5-4-9-21-14/h7-8,10,14H,2-6,9H2,1H3,(H,17,20)(H,18,19). The third-order valence-corrected chi connectivity index (χ3v) is 3.78. The van der Waals surface area contributed by atoms with Gasteiger partial charge < -0.3 is 15.0 Å². The molecule has 0 saturated carbocycles. The predicted molar refractivity (Wildman–Crippen MR) is 82.2 cm³/mol. The molecule has 3 rings (SSSR count). The molecule has 1 atom stereocenters. The number of ether oxygens (including phenoxy) is 1. The molecule has 21 heavy (non-hydrogen) atoms. The monoisotopic (exact) mass is 287 g/mol. The lowest BCUT2D eigenvalue weighted by atomic mass is 10.2. The number of H-pyrrole nitrogens is 1. The van der Waals surface area contributed by atoms with Gasteiger partial charge in [0, 0.05) is 18.7 Å². The molecular weight excluding hydrogens is 266 g/mol. The molecule has 1 aromatic heterocycles. The Labute approximate surface area is 124 Å². The average Bonchev–Trinajstić information content (AvgIpc) is 3.13. The van der Waals surface area contributed by atoms with Gasteiger partial charge in [0.1, 0.15) is 11.9 Å². The number of nitrogens with zero attached hydrogens (tertiary/aromatic N) is 1. The van der Waals surface area contributed by atoms with E-state index < -0.39 is 0 Å². The summed E-state index contributed by atoms with van der Waals surface area (Å²) in [5.41, 5.74) is 2.66. The van der Waals surface area contributed by atoms with Crippen LogP contribution in [0.4, 0.5) is 5.69 Å². The van der Waals surface area contributed by atoms with E-state index in [1.54, 1.807) is 0 Å². The van der Waals surface area contributed by atoms with Crippen molar-refractivity contribution in [3.8, 4) is 0 Å². The number of rotatable bonds is 5. The van der Waals surface area contributed by atoms with Crippen LogP contribution in [0.1, 0.15) is 51.0 Å². The van der Waals surface area contributed by atoms with Gasteiger partial charge in [-0.3, -0.25) is 4.79 Å². The maximum absolute atomic E-state index is 11.8. The topological polar surface area (TPSA) is 67.0 Å². The number of carbonyl (C=O) groups is 1. The molecule has 0 bridgehead atoms. The summed E-state index contributed by atoms with van der Waals surface area (Å²) in [7, 11) is 0. The summed E-state index contributed by atoms with van der Waals surface area (Å²) in [6.45, 7) is 2.89. The van der Waals surface area contributed by atoms with Gasteiger partial charge in [-0.15, -0.1) is 0 Å². The number of fused-ring (bicyclic) bond motifs is 1. The highest BCUT2D eigenvalue weighted by molar-refractivity contribution is 5.93. The molecule has 112 valence electrons. The van der Waals surface area contributed by atoms with Crippen LogP contribution in [0.15, 0.2) is 18.2 Å². The zero-order valence-electron chi connectivity index (χ0n) is 12.3. The van der Waals surface area contributed by atoms with E-state index in [4.69, 9.17) is 4.74 Å². The van der Waals surface area contributed by atoms with Gasteiger partial charge in [0.05, 0.1) is 11.0 Å². The minimum Gasteiger partial charge on any atom is -0.370 e. The van der Waals surface area contributed by atoms with Gasteiger partial charge in [-0.2, -0.15) is 0 Å². The van der Waals surface area contributed by atoms with Crippen molar-refractivity contribution in [1.82, 2.24) is 9.97 Å². The molecule has 2 N–H and O–H groups in total. The van der Waals surface area contributed by atoms with E-state index >= 15 is 0 Å². The fourth-order valence-electron chi connectivity index (χ4n) is 2.61. The van der Waals surface area contributed by atoms with Crippen LogP contribution in [0.3, 0.4) is 0 Å². The summed E-state index contributed by atoms with van der Waals surface area (Å²) in [4.78, 5) is 19.6. The first-order valence-electron chi connectivity index (χ1n) is 7.67. The Hall–Kier alpha value is -1.88. The molecule has 5 nitrogen and oxygen atoms in total. The second kappa shape index (κ2) is 6.26. The predicted octanol–water partition coefficient (Wildman–Crippen LogP) is 3.54. The number of hydrogen-bond donors (Lipinski definition) is 2. The molecule has 2 aromatic rings. The molecule has 0 aliphatic carbocycles. The van der Waals surface area contributed by atoms with Crippen LogP contribution in [0, 0.1) is 0 Å². The smallest absolute Gasteiger partial charge is 0.224 e. The Morgan fingerprint density at radius 1 is 1.52 bits per heavy atom. The zero-order valence-corrected chi connectivity index (χ0v) is 12.3. The number of hydrogen-bond acceptors (Lipinski definition) is 3. The Morgan fingerprint density at radius 2 is 2.43 bits per heavy atom. The first-order chi connectivity index (χ1) is 10.3. The minimum atomic E-state index is 0.0649. The van der Waals surface area contributed by atoms with E-state index in [0.29, 0.717) is 6.42 Å². The van der Waals surface area contributed by atoms with E-state index in [-0.39, 0.29) is 12.0 Å². The SMILES string of the molecule is CCCCC(=O)Nc1ccc2nc(C3CCCO3)[nH]c2c1. The van der Waals surface area contributed by atoms with E-state index in [1.807, 2.05) is 18.2 Å². The molecule has 2 heterocycles. The molecule has 1 saturated heterocycles. The lowest BCUT2D eigenvalue weighted by Gasteiger charge is -2.04. The summed E-state index contributed by atoms with van der Waals surface area (Å²) in [5.74, 6) is 0.951. The van der Waals surface area contributed by atoms with Crippen LogP contribution < -0.4 is 5.32 Å². The van der Waals surface area contributed by atoms with Crippen molar-refractivity contribution in [2.45, 2.75) is 45.1 Å². The van der Waals surface area contributed by atoms with Crippen molar-refractivity contribution in [3.05, 3.63) is 24.0 Å². The van der Waals surface area contributed by atoms with Gasteiger partial charge in [0.2, 0.25) is 5.91 Å². The third-order valence-electron chi connectivity index (χ3n) is 3.78. The molecule has 5 heteroatoms.